The van der Waals surface area contributed by atoms with Crippen molar-refractivity contribution in [3.05, 3.63) is 58.6 Å². The van der Waals surface area contributed by atoms with Crippen LogP contribution in [-0.2, 0) is 6.54 Å². The molecule has 27 heavy (non-hydrogen) atoms. The highest BCUT2D eigenvalue weighted by Crippen LogP contribution is 2.26. The molecule has 1 atom stereocenters. The Labute approximate surface area is 170 Å². The molecule has 0 amide bonds. The van der Waals surface area contributed by atoms with Crippen LogP contribution in [0.15, 0.2) is 58.0 Å². The summed E-state index contributed by atoms with van der Waals surface area (Å²) in [5.74, 6) is 2.32. The van der Waals surface area contributed by atoms with Gasteiger partial charge in [0.2, 0.25) is 0 Å². The van der Waals surface area contributed by atoms with E-state index in [0.29, 0.717) is 12.5 Å². The fourth-order valence-corrected chi connectivity index (χ4v) is 3.78. The van der Waals surface area contributed by atoms with Crippen molar-refractivity contribution < 1.29 is 4.74 Å². The molecule has 1 saturated heterocycles. The Bertz CT molecular complexity index is 780. The van der Waals surface area contributed by atoms with Crippen molar-refractivity contribution >= 4 is 27.6 Å². The van der Waals surface area contributed by atoms with Gasteiger partial charge in [0.25, 0.3) is 0 Å². The van der Waals surface area contributed by atoms with Crippen LogP contribution in [0.4, 0.5) is 5.69 Å². The first-order valence-corrected chi connectivity index (χ1v) is 10.1. The molecule has 0 aromatic heterocycles. The molecule has 0 saturated carbocycles. The van der Waals surface area contributed by atoms with Gasteiger partial charge in [0.15, 0.2) is 5.96 Å². The topological polar surface area (TPSA) is 48.9 Å². The van der Waals surface area contributed by atoms with Gasteiger partial charge in [-0.2, -0.15) is 0 Å². The molecule has 0 radical (unpaired) electrons. The number of para-hydroxylation sites is 1. The third-order valence-electron chi connectivity index (χ3n) is 4.88. The van der Waals surface area contributed by atoms with E-state index in [1.807, 2.05) is 18.2 Å². The maximum absolute atomic E-state index is 5.41. The minimum absolute atomic E-state index is 0.605. The number of methoxy groups -OCH3 is 1. The van der Waals surface area contributed by atoms with E-state index in [-0.39, 0.29) is 0 Å². The third kappa shape index (κ3) is 5.39. The number of guanidine groups is 1. The lowest BCUT2D eigenvalue weighted by Crippen LogP contribution is -2.40. The summed E-state index contributed by atoms with van der Waals surface area (Å²) in [6, 6.07) is 16.5. The number of anilines is 1. The molecule has 0 bridgehead atoms. The average Bonchev–Trinajstić information content (AvgIpc) is 3.17. The number of nitrogens with one attached hydrogen (secondary N) is 2. The first kappa shape index (κ1) is 19.5. The van der Waals surface area contributed by atoms with Gasteiger partial charge < -0.3 is 20.3 Å². The van der Waals surface area contributed by atoms with E-state index >= 15 is 0 Å². The van der Waals surface area contributed by atoms with Crippen LogP contribution in [0, 0.1) is 5.92 Å². The standard InChI is InChI=1S/C21H27BrN4O/c1-23-21(25-14-17-6-3-4-9-20(17)27-2)24-13-16-10-11-26(15-16)19-8-5-7-18(22)12-19/h3-9,12,16H,10-11,13-15H2,1-2H3,(H2,23,24,25). The summed E-state index contributed by atoms with van der Waals surface area (Å²) in [6.07, 6.45) is 1.18. The minimum atomic E-state index is 0.605. The first-order valence-electron chi connectivity index (χ1n) is 9.26. The highest BCUT2D eigenvalue weighted by atomic mass is 79.9. The zero-order chi connectivity index (χ0) is 19.1. The van der Waals surface area contributed by atoms with E-state index in [9.17, 15) is 0 Å². The van der Waals surface area contributed by atoms with Crippen molar-refractivity contribution in [2.24, 2.45) is 10.9 Å². The molecule has 2 aromatic rings. The molecule has 2 N–H and O–H groups in total. The number of hydrogen-bond donors (Lipinski definition) is 2. The summed E-state index contributed by atoms with van der Waals surface area (Å²) in [4.78, 5) is 6.79. The van der Waals surface area contributed by atoms with Crippen LogP contribution in [0.25, 0.3) is 0 Å². The second-order valence-electron chi connectivity index (χ2n) is 6.70. The van der Waals surface area contributed by atoms with Crippen molar-refractivity contribution in [1.29, 1.82) is 0 Å². The van der Waals surface area contributed by atoms with E-state index in [2.05, 4.69) is 66.8 Å². The Morgan fingerprint density at radius 1 is 1.22 bits per heavy atom. The molecule has 5 nitrogen and oxygen atoms in total. The molecule has 0 aliphatic carbocycles. The van der Waals surface area contributed by atoms with Gasteiger partial charge in [-0.15, -0.1) is 0 Å². The highest BCUT2D eigenvalue weighted by Gasteiger charge is 2.22. The van der Waals surface area contributed by atoms with Gasteiger partial charge in [0, 0.05) is 49.0 Å². The lowest BCUT2D eigenvalue weighted by atomic mass is 10.1. The number of aliphatic imine (C=N–C) groups is 1. The van der Waals surface area contributed by atoms with Gasteiger partial charge in [0.1, 0.15) is 5.75 Å². The zero-order valence-electron chi connectivity index (χ0n) is 15.9. The van der Waals surface area contributed by atoms with Gasteiger partial charge in [-0.3, -0.25) is 4.99 Å². The molecule has 1 heterocycles. The number of rotatable bonds is 6. The number of benzene rings is 2. The van der Waals surface area contributed by atoms with E-state index < -0.39 is 0 Å². The van der Waals surface area contributed by atoms with Crippen LogP contribution in [0.1, 0.15) is 12.0 Å². The zero-order valence-corrected chi connectivity index (χ0v) is 17.5. The smallest absolute Gasteiger partial charge is 0.191 e. The predicted octanol–water partition coefficient (Wildman–Crippen LogP) is 3.65. The summed E-state index contributed by atoms with van der Waals surface area (Å²) in [7, 11) is 3.50. The van der Waals surface area contributed by atoms with E-state index in [1.165, 1.54) is 12.1 Å². The van der Waals surface area contributed by atoms with Gasteiger partial charge >= 0.3 is 0 Å². The molecular weight excluding hydrogens is 404 g/mol. The molecular formula is C21H27BrN4O. The lowest BCUT2D eigenvalue weighted by molar-refractivity contribution is 0.409. The summed E-state index contributed by atoms with van der Waals surface area (Å²) < 4.78 is 6.53. The Hall–Kier alpha value is -2.21. The Kier molecular flexibility index (Phi) is 6.98. The maximum Gasteiger partial charge on any atom is 0.191 e. The average molecular weight is 431 g/mol. The third-order valence-corrected chi connectivity index (χ3v) is 5.37. The normalized spacial score (nSPS) is 17.1. The van der Waals surface area contributed by atoms with E-state index in [4.69, 9.17) is 4.74 Å². The van der Waals surface area contributed by atoms with Gasteiger partial charge in [-0.1, -0.05) is 40.2 Å². The Morgan fingerprint density at radius 3 is 2.85 bits per heavy atom. The molecule has 1 unspecified atom stereocenters. The van der Waals surface area contributed by atoms with Crippen LogP contribution < -0.4 is 20.3 Å². The van der Waals surface area contributed by atoms with Crippen molar-refractivity contribution in [3.8, 4) is 5.75 Å². The number of hydrogen-bond acceptors (Lipinski definition) is 3. The monoisotopic (exact) mass is 430 g/mol. The van der Waals surface area contributed by atoms with Crippen LogP contribution in [0.5, 0.6) is 5.75 Å². The second-order valence-corrected chi connectivity index (χ2v) is 7.61. The fourth-order valence-electron chi connectivity index (χ4n) is 3.40. The lowest BCUT2D eigenvalue weighted by Gasteiger charge is -2.20. The quantitative estimate of drug-likeness (QED) is 0.542. The second kappa shape index (κ2) is 9.65. The number of nitrogens with zero attached hydrogens (tertiary/aromatic N) is 2. The molecule has 0 spiro atoms. The van der Waals surface area contributed by atoms with Gasteiger partial charge in [0.05, 0.1) is 7.11 Å². The van der Waals surface area contributed by atoms with Gasteiger partial charge in [-0.25, -0.2) is 0 Å². The highest BCUT2D eigenvalue weighted by molar-refractivity contribution is 9.10. The summed E-state index contributed by atoms with van der Waals surface area (Å²) in [6.45, 7) is 3.75. The summed E-state index contributed by atoms with van der Waals surface area (Å²) in [5.41, 5.74) is 2.40. The van der Waals surface area contributed by atoms with Crippen LogP contribution in [0.2, 0.25) is 0 Å². The Balaban J connectivity index is 1.47. The van der Waals surface area contributed by atoms with Crippen LogP contribution in [-0.4, -0.2) is 39.8 Å². The minimum Gasteiger partial charge on any atom is -0.496 e. The molecule has 1 fully saturated rings. The van der Waals surface area contributed by atoms with Crippen LogP contribution >= 0.6 is 15.9 Å². The molecule has 3 rings (SSSR count). The van der Waals surface area contributed by atoms with Crippen LogP contribution in [0.3, 0.4) is 0 Å². The summed E-state index contributed by atoms with van der Waals surface area (Å²) >= 11 is 3.56. The molecule has 6 heteroatoms. The van der Waals surface area contributed by atoms with Crippen molar-refractivity contribution in [1.82, 2.24) is 10.6 Å². The Morgan fingerprint density at radius 2 is 2.07 bits per heavy atom. The summed E-state index contributed by atoms with van der Waals surface area (Å²) in [5, 5.41) is 6.84. The maximum atomic E-state index is 5.41. The number of ether oxygens (including phenoxy) is 1. The fraction of sp³-hybridized carbons (Fsp3) is 0.381. The predicted molar refractivity (Wildman–Crippen MR) is 116 cm³/mol. The van der Waals surface area contributed by atoms with Crippen molar-refractivity contribution in [2.75, 3.05) is 38.7 Å². The van der Waals surface area contributed by atoms with Crippen molar-refractivity contribution in [3.63, 3.8) is 0 Å². The van der Waals surface area contributed by atoms with Gasteiger partial charge in [-0.05, 0) is 36.6 Å². The first-order chi connectivity index (χ1) is 13.2. The molecule has 1 aliphatic heterocycles. The largest absolute Gasteiger partial charge is 0.496 e. The molecule has 2 aromatic carbocycles. The van der Waals surface area contributed by atoms with Crippen molar-refractivity contribution in [2.45, 2.75) is 13.0 Å². The molecule has 144 valence electrons. The van der Waals surface area contributed by atoms with E-state index in [0.717, 1.165) is 41.4 Å². The molecule has 1 aliphatic rings. The SMILES string of the molecule is CN=C(NCc1ccccc1OC)NCC1CCN(c2cccc(Br)c2)C1. The number of halogens is 1. The van der Waals surface area contributed by atoms with E-state index in [1.54, 1.807) is 14.2 Å².